The minimum absolute atomic E-state index is 0.460. The third-order valence-corrected chi connectivity index (χ3v) is 4.36. The maximum Gasteiger partial charge on any atom is 0.151 e. The van der Waals surface area contributed by atoms with Crippen molar-refractivity contribution in [2.75, 3.05) is 49.2 Å². The van der Waals surface area contributed by atoms with Crippen molar-refractivity contribution in [3.63, 3.8) is 0 Å². The van der Waals surface area contributed by atoms with Gasteiger partial charge in [-0.3, -0.25) is 4.79 Å². The van der Waals surface area contributed by atoms with Gasteiger partial charge in [0.2, 0.25) is 0 Å². The van der Waals surface area contributed by atoms with Crippen LogP contribution in [0, 0.1) is 6.92 Å². The molecule has 0 radical (unpaired) electrons. The monoisotopic (exact) mass is 360 g/mol. The second-order valence-electron chi connectivity index (χ2n) is 5.92. The third-order valence-electron chi connectivity index (χ3n) is 4.03. The minimum Gasteiger partial charge on any atom is -0.399 e. The highest BCUT2D eigenvalue weighted by molar-refractivity contribution is 6.33. The van der Waals surface area contributed by atoms with Crippen LogP contribution in [0.5, 0.6) is 0 Å². The summed E-state index contributed by atoms with van der Waals surface area (Å²) in [6.45, 7) is 5.45. The number of nitrogens with zero attached hydrogens (tertiary/aromatic N) is 1. The number of hydrogen-bond acceptors (Lipinski definition) is 5. The Hall–Kier alpha value is -2.24. The normalized spacial score (nSPS) is 10.5. The molecule has 134 valence electrons. The van der Waals surface area contributed by atoms with Crippen molar-refractivity contribution in [1.82, 2.24) is 5.32 Å². The van der Waals surface area contributed by atoms with Gasteiger partial charge in [0, 0.05) is 48.8 Å². The molecule has 0 atom stereocenters. The molecule has 2 aromatic carbocycles. The van der Waals surface area contributed by atoms with Crippen molar-refractivity contribution >= 4 is 34.9 Å². The first-order valence-electron chi connectivity index (χ1n) is 8.29. The number of halogens is 1. The lowest BCUT2D eigenvalue weighted by atomic mass is 10.1. The summed E-state index contributed by atoms with van der Waals surface area (Å²) in [5.74, 6) is 0. The molecule has 0 unspecified atom stereocenters. The zero-order valence-corrected chi connectivity index (χ0v) is 15.4. The fraction of sp³-hybridized carbons (Fsp3) is 0.316. The van der Waals surface area contributed by atoms with Gasteiger partial charge >= 0.3 is 0 Å². The summed E-state index contributed by atoms with van der Waals surface area (Å²) in [4.78, 5) is 13.1. The maximum atomic E-state index is 10.8. The number of rotatable bonds is 9. The lowest BCUT2D eigenvalue weighted by Crippen LogP contribution is -2.35. The number of hydrogen-bond donors (Lipinski definition) is 3. The highest BCUT2D eigenvalue weighted by Crippen LogP contribution is 2.23. The lowest BCUT2D eigenvalue weighted by Gasteiger charge is -2.27. The molecule has 2 rings (SSSR count). The number of benzene rings is 2. The first kappa shape index (κ1) is 19.1. The predicted molar refractivity (Wildman–Crippen MR) is 107 cm³/mol. The minimum atomic E-state index is 0.460. The third kappa shape index (κ3) is 5.37. The number of nitrogens with two attached hydrogens (primary N) is 1. The van der Waals surface area contributed by atoms with E-state index in [1.807, 2.05) is 25.2 Å². The second kappa shape index (κ2) is 9.30. The van der Waals surface area contributed by atoms with E-state index >= 15 is 0 Å². The smallest absolute Gasteiger partial charge is 0.151 e. The Labute approximate surface area is 154 Å². The number of carbonyl (C=O) groups is 1. The van der Waals surface area contributed by atoms with Gasteiger partial charge in [-0.05, 0) is 55.9 Å². The molecule has 0 bridgehead atoms. The van der Waals surface area contributed by atoms with E-state index in [0.717, 1.165) is 49.4 Å². The van der Waals surface area contributed by atoms with E-state index in [2.05, 4.69) is 28.5 Å². The number of likely N-dealkylation sites (N-methyl/N-ethyl adjacent to an activating group) is 1. The van der Waals surface area contributed by atoms with E-state index < -0.39 is 0 Å². The average Bonchev–Trinajstić information content (AvgIpc) is 2.58. The molecule has 0 amide bonds. The Kier molecular flexibility index (Phi) is 7.10. The first-order chi connectivity index (χ1) is 12.0. The highest BCUT2D eigenvalue weighted by Gasteiger charge is 2.09. The van der Waals surface area contributed by atoms with Crippen molar-refractivity contribution in [3.05, 3.63) is 52.5 Å². The molecule has 5 nitrogen and oxygen atoms in total. The summed E-state index contributed by atoms with van der Waals surface area (Å²) in [5.41, 5.74) is 10.4. The molecule has 0 aliphatic rings. The number of nitrogen functional groups attached to an aromatic ring is 1. The molecule has 0 spiro atoms. The molecule has 4 N–H and O–H groups in total. The zero-order chi connectivity index (χ0) is 18.2. The van der Waals surface area contributed by atoms with Crippen LogP contribution in [0.4, 0.5) is 17.1 Å². The molecular weight excluding hydrogens is 336 g/mol. The van der Waals surface area contributed by atoms with Crippen LogP contribution in [0.1, 0.15) is 15.9 Å². The number of carbonyl (C=O) groups excluding carboxylic acids is 1. The van der Waals surface area contributed by atoms with Gasteiger partial charge in [-0.1, -0.05) is 11.6 Å². The molecule has 6 heteroatoms. The largest absolute Gasteiger partial charge is 0.399 e. The molecule has 0 saturated heterocycles. The Bertz CT molecular complexity index is 721. The van der Waals surface area contributed by atoms with E-state index in [1.165, 1.54) is 5.69 Å². The first-order valence-corrected chi connectivity index (χ1v) is 8.67. The van der Waals surface area contributed by atoms with Gasteiger partial charge in [-0.15, -0.1) is 0 Å². The summed E-state index contributed by atoms with van der Waals surface area (Å²) >= 11 is 6.07. The molecule has 25 heavy (non-hydrogen) atoms. The summed E-state index contributed by atoms with van der Waals surface area (Å²) in [6.07, 6.45) is 0.759. The van der Waals surface area contributed by atoms with Crippen LogP contribution >= 0.6 is 11.6 Å². The number of anilines is 3. The van der Waals surface area contributed by atoms with Gasteiger partial charge in [-0.2, -0.15) is 0 Å². The fourth-order valence-electron chi connectivity index (χ4n) is 2.70. The fourth-order valence-corrected chi connectivity index (χ4v) is 2.93. The summed E-state index contributed by atoms with van der Waals surface area (Å²) in [5, 5.41) is 7.01. The SMILES string of the molecule is CNCCN(CCNc1ccc(C=O)c(Cl)c1)c1ccc(N)cc1C. The summed E-state index contributed by atoms with van der Waals surface area (Å²) in [7, 11) is 1.95. The molecule has 0 aliphatic carbocycles. The van der Waals surface area contributed by atoms with Crippen LogP contribution in [0.25, 0.3) is 0 Å². The van der Waals surface area contributed by atoms with E-state index in [-0.39, 0.29) is 0 Å². The molecule has 0 aromatic heterocycles. The van der Waals surface area contributed by atoms with E-state index in [4.69, 9.17) is 17.3 Å². The van der Waals surface area contributed by atoms with Crippen molar-refractivity contribution in [2.24, 2.45) is 0 Å². The molecular formula is C19H25ClN4O. The van der Waals surface area contributed by atoms with Gasteiger partial charge in [0.1, 0.15) is 0 Å². The molecule has 2 aromatic rings. The van der Waals surface area contributed by atoms with Crippen LogP contribution in [-0.4, -0.2) is 39.5 Å². The van der Waals surface area contributed by atoms with Gasteiger partial charge in [-0.25, -0.2) is 0 Å². The van der Waals surface area contributed by atoms with Gasteiger partial charge < -0.3 is 21.3 Å². The van der Waals surface area contributed by atoms with Gasteiger partial charge in [0.05, 0.1) is 5.02 Å². The lowest BCUT2D eigenvalue weighted by molar-refractivity contribution is 0.112. The maximum absolute atomic E-state index is 10.8. The number of nitrogens with one attached hydrogen (secondary N) is 2. The van der Waals surface area contributed by atoms with Crippen LogP contribution < -0.4 is 21.3 Å². The molecule has 0 saturated carbocycles. The molecule has 0 heterocycles. The van der Waals surface area contributed by atoms with Crippen molar-refractivity contribution in [1.29, 1.82) is 0 Å². The second-order valence-corrected chi connectivity index (χ2v) is 6.32. The predicted octanol–water partition coefficient (Wildman–Crippen LogP) is 3.18. The van der Waals surface area contributed by atoms with Crippen LogP contribution in [-0.2, 0) is 0 Å². The summed E-state index contributed by atoms with van der Waals surface area (Å²) < 4.78 is 0. The Balaban J connectivity index is 2.02. The van der Waals surface area contributed by atoms with E-state index in [0.29, 0.717) is 10.6 Å². The zero-order valence-electron chi connectivity index (χ0n) is 14.7. The Morgan fingerprint density at radius 3 is 2.56 bits per heavy atom. The van der Waals surface area contributed by atoms with E-state index in [9.17, 15) is 4.79 Å². The summed E-state index contributed by atoms with van der Waals surface area (Å²) in [6, 6.07) is 11.4. The standard InChI is InChI=1S/C19H25ClN4O/c1-14-11-16(21)4-6-19(14)24(9-7-22-2)10-8-23-17-5-3-15(13-25)18(20)12-17/h3-6,11-13,22-23H,7-10,21H2,1-2H3. The van der Waals surface area contributed by atoms with Crippen molar-refractivity contribution < 1.29 is 4.79 Å². The highest BCUT2D eigenvalue weighted by atomic mass is 35.5. The van der Waals surface area contributed by atoms with Crippen molar-refractivity contribution in [2.45, 2.75) is 6.92 Å². The number of aryl methyl sites for hydroxylation is 1. The van der Waals surface area contributed by atoms with Gasteiger partial charge in [0.15, 0.2) is 6.29 Å². The van der Waals surface area contributed by atoms with E-state index in [1.54, 1.807) is 12.1 Å². The number of aldehydes is 1. The van der Waals surface area contributed by atoms with Crippen LogP contribution in [0.15, 0.2) is 36.4 Å². The molecule has 0 fully saturated rings. The Morgan fingerprint density at radius 2 is 1.92 bits per heavy atom. The topological polar surface area (TPSA) is 70.4 Å². The quantitative estimate of drug-likeness (QED) is 0.473. The van der Waals surface area contributed by atoms with Crippen LogP contribution in [0.3, 0.4) is 0 Å². The van der Waals surface area contributed by atoms with Gasteiger partial charge in [0.25, 0.3) is 0 Å². The molecule has 0 aliphatic heterocycles. The Morgan fingerprint density at radius 1 is 1.16 bits per heavy atom. The van der Waals surface area contributed by atoms with Crippen LogP contribution in [0.2, 0.25) is 5.02 Å². The average molecular weight is 361 g/mol. The van der Waals surface area contributed by atoms with Crippen molar-refractivity contribution in [3.8, 4) is 0 Å².